The van der Waals surface area contributed by atoms with Gasteiger partial charge in [-0.25, -0.2) is 0 Å². The normalized spacial score (nSPS) is 10.0. The van der Waals surface area contributed by atoms with E-state index in [0.29, 0.717) is 17.4 Å². The lowest BCUT2D eigenvalue weighted by atomic mass is 10.3. The number of benzene rings is 1. The van der Waals surface area contributed by atoms with Gasteiger partial charge in [0.25, 0.3) is 0 Å². The van der Waals surface area contributed by atoms with Gasteiger partial charge in [0.2, 0.25) is 5.88 Å². The molecule has 72 valence electrons. The summed E-state index contributed by atoms with van der Waals surface area (Å²) in [5.41, 5.74) is 5.41. The van der Waals surface area contributed by atoms with Gasteiger partial charge in [-0.1, -0.05) is 6.07 Å². The van der Waals surface area contributed by atoms with E-state index in [0.717, 1.165) is 0 Å². The Morgan fingerprint density at radius 1 is 1.36 bits per heavy atom. The molecule has 14 heavy (non-hydrogen) atoms. The van der Waals surface area contributed by atoms with Gasteiger partial charge >= 0.3 is 0 Å². The number of nitrogens with two attached hydrogens (primary N) is 1. The first-order valence-corrected chi connectivity index (χ1v) is 4.02. The molecule has 0 aliphatic rings. The summed E-state index contributed by atoms with van der Waals surface area (Å²) in [5.74, 6) is 1.45. The fourth-order valence-electron chi connectivity index (χ4n) is 1.04. The summed E-state index contributed by atoms with van der Waals surface area (Å²) >= 11 is 0. The van der Waals surface area contributed by atoms with E-state index in [9.17, 15) is 0 Å². The zero-order valence-electron chi connectivity index (χ0n) is 7.27. The zero-order chi connectivity index (χ0) is 9.97. The van der Waals surface area contributed by atoms with Crippen LogP contribution >= 0.6 is 0 Å². The number of hydrogen-bond donors (Lipinski definition) is 3. The number of hydrogen-bond acceptors (Lipinski definition) is 4. The van der Waals surface area contributed by atoms with Crippen LogP contribution in [-0.4, -0.2) is 15.3 Å². The lowest BCUT2D eigenvalue weighted by Gasteiger charge is -2.00. The van der Waals surface area contributed by atoms with E-state index < -0.39 is 0 Å². The first kappa shape index (κ1) is 8.43. The third-order valence-corrected chi connectivity index (χ3v) is 1.61. The lowest BCUT2D eigenvalue weighted by molar-refractivity contribution is 0.445. The molecule has 5 nitrogen and oxygen atoms in total. The lowest BCUT2D eigenvalue weighted by Crippen LogP contribution is -1.83. The number of aromatic nitrogens is 2. The van der Waals surface area contributed by atoms with E-state index in [1.807, 2.05) is 0 Å². The van der Waals surface area contributed by atoms with Gasteiger partial charge in [-0.15, -0.1) is 5.10 Å². The number of ether oxygens (including phenoxy) is 1. The summed E-state index contributed by atoms with van der Waals surface area (Å²) in [4.78, 5) is 0. The number of H-pyrrole nitrogens is 1. The fraction of sp³-hybridized carbons (Fsp3) is 0. The Hall–Kier alpha value is -2.17. The van der Waals surface area contributed by atoms with E-state index >= 15 is 0 Å². The SMILES string of the molecule is Nc1cc(Oc2cccc(O)c2)n[nH]1. The van der Waals surface area contributed by atoms with Gasteiger partial charge in [-0.3, -0.25) is 5.10 Å². The second kappa shape index (κ2) is 3.29. The van der Waals surface area contributed by atoms with Gasteiger partial charge in [0.05, 0.1) is 0 Å². The minimum absolute atomic E-state index is 0.144. The van der Waals surface area contributed by atoms with Crippen LogP contribution in [0.1, 0.15) is 0 Å². The molecule has 0 fully saturated rings. The van der Waals surface area contributed by atoms with Crippen LogP contribution in [0.15, 0.2) is 30.3 Å². The Kier molecular flexibility index (Phi) is 1.98. The number of rotatable bonds is 2. The molecule has 2 rings (SSSR count). The molecular weight excluding hydrogens is 182 g/mol. The molecule has 1 aromatic heterocycles. The summed E-state index contributed by atoms with van der Waals surface area (Å²) in [6.07, 6.45) is 0. The van der Waals surface area contributed by atoms with Crippen molar-refractivity contribution in [3.05, 3.63) is 30.3 Å². The molecule has 0 bridgehead atoms. The number of aromatic hydroxyl groups is 1. The van der Waals surface area contributed by atoms with E-state index in [-0.39, 0.29) is 5.75 Å². The largest absolute Gasteiger partial charge is 0.508 e. The molecule has 0 unspecified atom stereocenters. The average molecular weight is 191 g/mol. The summed E-state index contributed by atoms with van der Waals surface area (Å²) in [7, 11) is 0. The topological polar surface area (TPSA) is 84.2 Å². The highest BCUT2D eigenvalue weighted by atomic mass is 16.5. The van der Waals surface area contributed by atoms with Crippen LogP contribution in [0.25, 0.3) is 0 Å². The molecule has 0 saturated carbocycles. The van der Waals surface area contributed by atoms with E-state index in [4.69, 9.17) is 15.6 Å². The zero-order valence-corrected chi connectivity index (χ0v) is 7.27. The van der Waals surface area contributed by atoms with E-state index in [1.54, 1.807) is 24.3 Å². The van der Waals surface area contributed by atoms with Gasteiger partial charge in [-0.05, 0) is 12.1 Å². The maximum absolute atomic E-state index is 9.16. The average Bonchev–Trinajstić information content (AvgIpc) is 2.51. The standard InChI is InChI=1S/C9H9N3O2/c10-8-5-9(12-11-8)14-7-3-1-2-6(13)4-7/h1-5,13H,(H3,10,11,12). The maximum Gasteiger partial charge on any atom is 0.240 e. The summed E-state index contributed by atoms with van der Waals surface area (Å²) < 4.78 is 5.30. The molecule has 0 spiro atoms. The van der Waals surface area contributed by atoms with Gasteiger partial charge in [0.1, 0.15) is 17.3 Å². The van der Waals surface area contributed by atoms with Crippen molar-refractivity contribution in [2.75, 3.05) is 5.73 Å². The predicted molar refractivity (Wildman–Crippen MR) is 51.2 cm³/mol. The van der Waals surface area contributed by atoms with Crippen molar-refractivity contribution in [2.24, 2.45) is 0 Å². The van der Waals surface area contributed by atoms with Gasteiger partial charge in [0, 0.05) is 12.1 Å². The minimum Gasteiger partial charge on any atom is -0.508 e. The molecular formula is C9H9N3O2. The van der Waals surface area contributed by atoms with Crippen LogP contribution in [0.4, 0.5) is 5.82 Å². The Labute approximate surface area is 80.1 Å². The van der Waals surface area contributed by atoms with Crippen LogP contribution < -0.4 is 10.5 Å². The Balaban J connectivity index is 2.18. The molecule has 0 radical (unpaired) electrons. The number of anilines is 1. The van der Waals surface area contributed by atoms with Crippen molar-refractivity contribution in [1.29, 1.82) is 0 Å². The number of nitrogens with zero attached hydrogens (tertiary/aromatic N) is 1. The van der Waals surface area contributed by atoms with Gasteiger partial charge in [-0.2, -0.15) is 0 Å². The van der Waals surface area contributed by atoms with Crippen molar-refractivity contribution < 1.29 is 9.84 Å². The smallest absolute Gasteiger partial charge is 0.240 e. The summed E-state index contributed by atoms with van der Waals surface area (Å²) in [6.45, 7) is 0. The third-order valence-electron chi connectivity index (χ3n) is 1.61. The van der Waals surface area contributed by atoms with Gasteiger partial charge in [0.15, 0.2) is 0 Å². The summed E-state index contributed by atoms with van der Waals surface area (Å²) in [5, 5.41) is 15.5. The second-order valence-corrected chi connectivity index (χ2v) is 2.76. The minimum atomic E-state index is 0.144. The van der Waals surface area contributed by atoms with Gasteiger partial charge < -0.3 is 15.6 Å². The Morgan fingerprint density at radius 3 is 2.86 bits per heavy atom. The van der Waals surface area contributed by atoms with Crippen molar-refractivity contribution in [3.8, 4) is 17.4 Å². The van der Waals surface area contributed by atoms with Crippen molar-refractivity contribution in [1.82, 2.24) is 10.2 Å². The number of phenolic OH excluding ortho intramolecular Hbond substituents is 1. The first-order valence-electron chi connectivity index (χ1n) is 4.02. The number of aromatic amines is 1. The molecule has 0 amide bonds. The summed E-state index contributed by atoms with van der Waals surface area (Å²) in [6, 6.07) is 8.01. The van der Waals surface area contributed by atoms with Crippen LogP contribution in [-0.2, 0) is 0 Å². The van der Waals surface area contributed by atoms with Crippen LogP contribution in [0.3, 0.4) is 0 Å². The molecule has 4 N–H and O–H groups in total. The van der Waals surface area contributed by atoms with E-state index in [2.05, 4.69) is 10.2 Å². The quantitative estimate of drug-likeness (QED) is 0.671. The molecule has 0 aliphatic carbocycles. The monoisotopic (exact) mass is 191 g/mol. The fourth-order valence-corrected chi connectivity index (χ4v) is 1.04. The first-order chi connectivity index (χ1) is 6.74. The highest BCUT2D eigenvalue weighted by Gasteiger charge is 2.01. The number of nitrogens with one attached hydrogen (secondary N) is 1. The van der Waals surface area contributed by atoms with Crippen LogP contribution in [0.5, 0.6) is 17.4 Å². The Morgan fingerprint density at radius 2 is 2.21 bits per heavy atom. The van der Waals surface area contributed by atoms with Crippen molar-refractivity contribution >= 4 is 5.82 Å². The maximum atomic E-state index is 9.16. The number of phenols is 1. The molecule has 0 saturated heterocycles. The van der Waals surface area contributed by atoms with E-state index in [1.165, 1.54) is 6.07 Å². The number of nitrogen functional groups attached to an aromatic ring is 1. The van der Waals surface area contributed by atoms with Crippen LogP contribution in [0.2, 0.25) is 0 Å². The molecule has 0 atom stereocenters. The van der Waals surface area contributed by atoms with Crippen LogP contribution in [0, 0.1) is 0 Å². The highest BCUT2D eigenvalue weighted by Crippen LogP contribution is 2.23. The molecule has 0 aliphatic heterocycles. The Bertz CT molecular complexity index is 439. The third kappa shape index (κ3) is 1.77. The highest BCUT2D eigenvalue weighted by molar-refractivity contribution is 5.37. The second-order valence-electron chi connectivity index (χ2n) is 2.76. The predicted octanol–water partition coefficient (Wildman–Crippen LogP) is 1.49. The van der Waals surface area contributed by atoms with Crippen molar-refractivity contribution in [2.45, 2.75) is 0 Å². The molecule has 5 heteroatoms. The molecule has 2 aromatic rings. The molecule has 1 heterocycles. The molecule has 1 aromatic carbocycles. The van der Waals surface area contributed by atoms with Crippen molar-refractivity contribution in [3.63, 3.8) is 0 Å².